The van der Waals surface area contributed by atoms with Gasteiger partial charge in [0.2, 0.25) is 0 Å². The number of benzene rings is 6. The van der Waals surface area contributed by atoms with Gasteiger partial charge in [0, 0.05) is 58.5 Å². The molecule has 0 fully saturated rings. The third-order valence-electron chi connectivity index (χ3n) is 14.3. The first kappa shape index (κ1) is 52.1. The van der Waals surface area contributed by atoms with Crippen molar-refractivity contribution in [3.63, 3.8) is 0 Å². The van der Waals surface area contributed by atoms with Crippen molar-refractivity contribution in [1.29, 1.82) is 0 Å². The van der Waals surface area contributed by atoms with Crippen LogP contribution >= 0.6 is 0 Å². The minimum atomic E-state index is -1.46. The van der Waals surface area contributed by atoms with E-state index in [0.29, 0.717) is 102 Å². The van der Waals surface area contributed by atoms with Crippen LogP contribution in [0.25, 0.3) is 0 Å². The van der Waals surface area contributed by atoms with Gasteiger partial charge in [-0.15, -0.1) is 0 Å². The van der Waals surface area contributed by atoms with Gasteiger partial charge in [-0.25, -0.2) is 0 Å². The molecule has 0 unspecified atom stereocenters. The summed E-state index contributed by atoms with van der Waals surface area (Å²) in [5, 5.41) is 38.7. The predicted molar refractivity (Wildman–Crippen MR) is 273 cm³/mol. The lowest BCUT2D eigenvalue weighted by atomic mass is 9.73. The molecule has 8 atom stereocenters. The normalized spacial score (nSPS) is 21.3. The number of hydrogen-bond acceptors (Lipinski definition) is 18. The summed E-state index contributed by atoms with van der Waals surface area (Å²) in [6, 6.07) is 22.6. The van der Waals surface area contributed by atoms with Crippen molar-refractivity contribution >= 4 is 0 Å². The second-order valence-electron chi connectivity index (χ2n) is 17.8. The first-order valence-corrected chi connectivity index (χ1v) is 23.9. The molecule has 0 saturated heterocycles. The molecule has 0 bridgehead atoms. The molecule has 0 saturated carbocycles. The summed E-state index contributed by atoms with van der Waals surface area (Å²) in [4.78, 5) is 0. The summed E-state index contributed by atoms with van der Waals surface area (Å²) in [6.07, 6.45) is -7.11. The highest BCUT2D eigenvalue weighted by Crippen LogP contribution is 2.63. The van der Waals surface area contributed by atoms with Crippen LogP contribution in [0.1, 0.15) is 74.7 Å². The number of fused-ring (bicyclic) bond motifs is 3. The van der Waals surface area contributed by atoms with Crippen molar-refractivity contribution in [2.45, 2.75) is 54.9 Å². The highest BCUT2D eigenvalue weighted by molar-refractivity contribution is 5.71. The van der Waals surface area contributed by atoms with Crippen LogP contribution in [-0.4, -0.2) is 119 Å². The number of methoxy groups -OCH3 is 12. The van der Waals surface area contributed by atoms with E-state index in [0.717, 1.165) is 0 Å². The molecular formula is C57H62O18. The van der Waals surface area contributed by atoms with E-state index < -0.39 is 48.5 Å². The topological polar surface area (TPSA) is 199 Å². The van der Waals surface area contributed by atoms with Crippen LogP contribution in [-0.2, 0) is 6.42 Å². The van der Waals surface area contributed by atoms with Crippen molar-refractivity contribution in [1.82, 2.24) is 0 Å². The molecule has 0 aliphatic carbocycles. The smallest absolute Gasteiger partial charge is 0.161 e. The van der Waals surface area contributed by atoms with E-state index in [1.54, 1.807) is 78.9 Å². The third kappa shape index (κ3) is 8.89. The van der Waals surface area contributed by atoms with E-state index in [4.69, 9.17) is 71.1 Å². The summed E-state index contributed by atoms with van der Waals surface area (Å²) < 4.78 is 91.9. The van der Waals surface area contributed by atoms with E-state index in [-0.39, 0.29) is 35.2 Å². The molecule has 9 rings (SSSR count). The van der Waals surface area contributed by atoms with Gasteiger partial charge in [-0.1, -0.05) is 18.2 Å². The number of ether oxygens (including phenoxy) is 15. The van der Waals surface area contributed by atoms with Crippen molar-refractivity contribution in [2.75, 3.05) is 85.3 Å². The Kier molecular flexibility index (Phi) is 15.0. The average Bonchev–Trinajstić information content (AvgIpc) is 3.45. The molecule has 0 amide bonds. The van der Waals surface area contributed by atoms with Gasteiger partial charge in [0.25, 0.3) is 0 Å². The van der Waals surface area contributed by atoms with E-state index in [9.17, 15) is 15.3 Å². The zero-order chi connectivity index (χ0) is 53.4. The fraction of sp³-hybridized carbons (Fsp3) is 0.368. The molecule has 0 spiro atoms. The Morgan fingerprint density at radius 3 is 1.16 bits per heavy atom. The summed E-state index contributed by atoms with van der Waals surface area (Å²) in [5.74, 6) is 3.09. The van der Waals surface area contributed by atoms with Crippen molar-refractivity contribution in [2.24, 2.45) is 0 Å². The monoisotopic (exact) mass is 1030 g/mol. The van der Waals surface area contributed by atoms with Crippen LogP contribution in [0.5, 0.6) is 86.2 Å². The maximum absolute atomic E-state index is 13.4. The molecule has 6 aromatic carbocycles. The fourth-order valence-corrected chi connectivity index (χ4v) is 10.8. The fourth-order valence-electron chi connectivity index (χ4n) is 10.8. The lowest BCUT2D eigenvalue weighted by molar-refractivity contribution is -0.00562. The second kappa shape index (κ2) is 21.6. The van der Waals surface area contributed by atoms with Crippen LogP contribution in [0.3, 0.4) is 0 Å². The van der Waals surface area contributed by atoms with E-state index in [1.165, 1.54) is 85.3 Å². The molecule has 0 aromatic heterocycles. The van der Waals surface area contributed by atoms with Crippen molar-refractivity contribution < 1.29 is 86.4 Å². The Morgan fingerprint density at radius 2 is 0.720 bits per heavy atom. The average molecular weight is 1040 g/mol. The molecule has 398 valence electrons. The molecule has 18 heteroatoms. The zero-order valence-electron chi connectivity index (χ0n) is 43.8. The maximum Gasteiger partial charge on any atom is 0.161 e. The van der Waals surface area contributed by atoms with Gasteiger partial charge in [0.05, 0.1) is 103 Å². The molecule has 3 aliphatic heterocycles. The van der Waals surface area contributed by atoms with Gasteiger partial charge in [0.1, 0.15) is 70.1 Å². The Bertz CT molecular complexity index is 3060. The number of aliphatic hydroxyl groups excluding tert-OH is 3. The van der Waals surface area contributed by atoms with Crippen LogP contribution in [0, 0.1) is 0 Å². The predicted octanol–water partition coefficient (Wildman–Crippen LogP) is 8.08. The van der Waals surface area contributed by atoms with Gasteiger partial charge in [-0.05, 0) is 53.1 Å². The standard InChI is InChI=1S/C57H62O18/c1-61-30-22-40(69-9)45-44(23-30)73-54(28-14-17-34(63-3)38(20-28)67-7)51(59)49(45)47-42(71-11)26-43(72-12)48-50(52(60)55(75-57(47)48)29-15-18-35(64-4)39(21-29)68-8)46-41(70-10)25-36(65-5)31-24-32(58)53(74-56(31)46)27-13-16-33(62-2)37(19-27)66-6/h13-23,25-26,32,49-55,58-60H,24H2,1-12H3/t32-,49-,50+,51-,52-,53+,54+,55+/m0/s1. The summed E-state index contributed by atoms with van der Waals surface area (Å²) in [5.41, 5.74) is 3.65. The molecular weight excluding hydrogens is 973 g/mol. The van der Waals surface area contributed by atoms with Gasteiger partial charge in [0.15, 0.2) is 46.7 Å². The van der Waals surface area contributed by atoms with Crippen LogP contribution in [0.4, 0.5) is 0 Å². The zero-order valence-corrected chi connectivity index (χ0v) is 43.8. The highest BCUT2D eigenvalue weighted by atomic mass is 16.5. The van der Waals surface area contributed by atoms with Gasteiger partial charge < -0.3 is 86.4 Å². The van der Waals surface area contributed by atoms with Gasteiger partial charge in [-0.3, -0.25) is 0 Å². The minimum absolute atomic E-state index is 0.0661. The number of hydrogen-bond donors (Lipinski definition) is 3. The molecule has 18 nitrogen and oxygen atoms in total. The van der Waals surface area contributed by atoms with Gasteiger partial charge in [-0.2, -0.15) is 0 Å². The minimum Gasteiger partial charge on any atom is -0.496 e. The van der Waals surface area contributed by atoms with Crippen molar-refractivity contribution in [3.8, 4) is 86.2 Å². The maximum atomic E-state index is 13.4. The molecule has 3 heterocycles. The summed E-state index contributed by atoms with van der Waals surface area (Å²) in [6.45, 7) is 0. The lowest BCUT2D eigenvalue weighted by Gasteiger charge is -2.44. The SMILES string of the molecule is COc1cc(OC)c2c(c1)O[C@H](c1ccc(OC)c(OC)c1)[C@@H](O)[C@@H]2c1c(OC)cc(OC)c2c1O[C@H](c1ccc(OC)c(OC)c1)[C@@H](O)[C@@H]2c1c(OC)cc(OC)c2c1O[C@H](c1ccc(OC)c(OC)c1)[C@@H](O)C2. The molecule has 3 N–H and O–H groups in total. The molecule has 0 radical (unpaired) electrons. The van der Waals surface area contributed by atoms with E-state index >= 15 is 0 Å². The first-order valence-electron chi connectivity index (χ1n) is 23.9. The second-order valence-corrected chi connectivity index (χ2v) is 17.8. The lowest BCUT2D eigenvalue weighted by Crippen LogP contribution is -2.39. The number of aliphatic hydroxyl groups is 3. The molecule has 3 aliphatic rings. The third-order valence-corrected chi connectivity index (χ3v) is 14.3. The van der Waals surface area contributed by atoms with Crippen molar-refractivity contribution in [3.05, 3.63) is 123 Å². The Hall–Kier alpha value is -7.80. The Labute approximate surface area is 434 Å². The Balaban J connectivity index is 1.37. The highest BCUT2D eigenvalue weighted by Gasteiger charge is 2.51. The summed E-state index contributed by atoms with van der Waals surface area (Å²) >= 11 is 0. The molecule has 75 heavy (non-hydrogen) atoms. The van der Waals surface area contributed by atoms with Crippen LogP contribution in [0.15, 0.2) is 78.9 Å². The largest absolute Gasteiger partial charge is 0.496 e. The van der Waals surface area contributed by atoms with Crippen LogP contribution < -0.4 is 71.1 Å². The quantitative estimate of drug-likeness (QED) is 0.0791. The van der Waals surface area contributed by atoms with E-state index in [2.05, 4.69) is 0 Å². The first-order chi connectivity index (χ1) is 36.4. The molecule has 6 aromatic rings. The van der Waals surface area contributed by atoms with Crippen LogP contribution in [0.2, 0.25) is 0 Å². The summed E-state index contributed by atoms with van der Waals surface area (Å²) in [7, 11) is 18.3. The van der Waals surface area contributed by atoms with E-state index in [1.807, 2.05) is 0 Å². The number of rotatable bonds is 17. The van der Waals surface area contributed by atoms with Gasteiger partial charge >= 0.3 is 0 Å². The Morgan fingerprint density at radius 1 is 0.347 bits per heavy atom.